The Morgan fingerprint density at radius 2 is 1.78 bits per heavy atom. The fourth-order valence-corrected chi connectivity index (χ4v) is 3.43. The molecule has 3 N–H and O–H groups in total. The number of aromatic nitrogens is 1. The lowest BCUT2D eigenvalue weighted by molar-refractivity contribution is 0.269. The van der Waals surface area contributed by atoms with Crippen molar-refractivity contribution in [2.45, 2.75) is 13.0 Å². The third-order valence-corrected chi connectivity index (χ3v) is 4.93. The van der Waals surface area contributed by atoms with Crippen molar-refractivity contribution in [1.29, 1.82) is 10.5 Å². The van der Waals surface area contributed by atoms with E-state index in [0.717, 1.165) is 44.7 Å². The minimum atomic E-state index is -0.582. The van der Waals surface area contributed by atoms with Crippen molar-refractivity contribution >= 4 is 5.82 Å². The molecular formula is C20H22N6O. The Balaban J connectivity index is 1.89. The van der Waals surface area contributed by atoms with Crippen LogP contribution in [0, 0.1) is 22.7 Å². The molecule has 1 aliphatic rings. The minimum Gasteiger partial charge on any atom is -0.384 e. The number of nitrogens with two attached hydrogens (primary N) is 1. The van der Waals surface area contributed by atoms with Gasteiger partial charge in [0.05, 0.1) is 0 Å². The summed E-state index contributed by atoms with van der Waals surface area (Å²) in [6.45, 7) is 5.12. The summed E-state index contributed by atoms with van der Waals surface area (Å²) in [5, 5.41) is 18.8. The molecule has 27 heavy (non-hydrogen) atoms. The van der Waals surface area contributed by atoms with Gasteiger partial charge in [0.15, 0.2) is 0 Å². The van der Waals surface area contributed by atoms with Gasteiger partial charge in [0, 0.05) is 25.2 Å². The predicted molar refractivity (Wildman–Crippen MR) is 104 cm³/mol. The molecule has 7 nitrogen and oxygen atoms in total. The van der Waals surface area contributed by atoms with Gasteiger partial charge in [0.2, 0.25) is 0 Å². The van der Waals surface area contributed by atoms with E-state index in [-0.39, 0.29) is 16.9 Å². The van der Waals surface area contributed by atoms with E-state index in [2.05, 4.69) is 21.8 Å². The molecule has 0 unspecified atom stereocenters. The van der Waals surface area contributed by atoms with Gasteiger partial charge in [-0.2, -0.15) is 10.5 Å². The second-order valence-corrected chi connectivity index (χ2v) is 6.85. The van der Waals surface area contributed by atoms with Crippen molar-refractivity contribution in [3.63, 3.8) is 0 Å². The van der Waals surface area contributed by atoms with E-state index in [1.54, 1.807) is 0 Å². The summed E-state index contributed by atoms with van der Waals surface area (Å²) in [5.74, 6) is -0.0192. The maximum Gasteiger partial charge on any atom is 0.268 e. The molecule has 1 aliphatic heterocycles. The lowest BCUT2D eigenvalue weighted by Crippen LogP contribution is -2.28. The zero-order valence-electron chi connectivity index (χ0n) is 15.3. The molecule has 0 bridgehead atoms. The van der Waals surface area contributed by atoms with Crippen molar-refractivity contribution in [1.82, 2.24) is 14.8 Å². The van der Waals surface area contributed by atoms with Crippen molar-refractivity contribution in [3.8, 4) is 23.3 Å². The average Bonchev–Trinajstić information content (AvgIpc) is 2.86. The molecule has 1 aromatic heterocycles. The number of hydrogen-bond acceptors (Lipinski definition) is 6. The highest BCUT2D eigenvalue weighted by molar-refractivity contribution is 5.80. The SMILES string of the molecule is CN1CCCN(Cc2ccc(-c3c(C#N)c(N)[nH]c(=O)c3C#N)cc2)CC1. The first-order chi connectivity index (χ1) is 13.0. The summed E-state index contributed by atoms with van der Waals surface area (Å²) in [6, 6.07) is 11.5. The van der Waals surface area contributed by atoms with Crippen LogP contribution < -0.4 is 11.3 Å². The zero-order chi connectivity index (χ0) is 19.4. The van der Waals surface area contributed by atoms with Gasteiger partial charge in [-0.05, 0) is 37.7 Å². The highest BCUT2D eigenvalue weighted by Crippen LogP contribution is 2.28. The molecule has 0 amide bonds. The van der Waals surface area contributed by atoms with Gasteiger partial charge in [-0.1, -0.05) is 24.3 Å². The van der Waals surface area contributed by atoms with Gasteiger partial charge in [0.25, 0.3) is 5.56 Å². The molecule has 1 aromatic carbocycles. The zero-order valence-corrected chi connectivity index (χ0v) is 15.3. The summed E-state index contributed by atoms with van der Waals surface area (Å²) < 4.78 is 0. The number of hydrogen-bond donors (Lipinski definition) is 2. The molecule has 2 heterocycles. The van der Waals surface area contributed by atoms with E-state index in [0.29, 0.717) is 11.1 Å². The second-order valence-electron chi connectivity index (χ2n) is 6.85. The number of likely N-dealkylation sites (N-methyl/N-ethyl adjacent to an activating group) is 1. The van der Waals surface area contributed by atoms with Crippen LogP contribution in [0.3, 0.4) is 0 Å². The molecule has 0 radical (unpaired) electrons. The quantitative estimate of drug-likeness (QED) is 0.856. The fraction of sp³-hybridized carbons (Fsp3) is 0.350. The van der Waals surface area contributed by atoms with Crippen LogP contribution in [0.25, 0.3) is 11.1 Å². The summed E-state index contributed by atoms with van der Waals surface area (Å²) in [7, 11) is 2.14. The monoisotopic (exact) mass is 362 g/mol. The number of rotatable bonds is 3. The molecule has 1 fully saturated rings. The van der Waals surface area contributed by atoms with Gasteiger partial charge < -0.3 is 15.6 Å². The number of nitriles is 2. The number of benzene rings is 1. The van der Waals surface area contributed by atoms with E-state index in [9.17, 15) is 15.3 Å². The Morgan fingerprint density at radius 1 is 1.07 bits per heavy atom. The molecule has 0 saturated carbocycles. The number of nitrogen functional groups attached to an aromatic ring is 1. The molecule has 138 valence electrons. The molecular weight excluding hydrogens is 340 g/mol. The summed E-state index contributed by atoms with van der Waals surface area (Å²) in [4.78, 5) is 19.2. The first kappa shape index (κ1) is 18.7. The largest absolute Gasteiger partial charge is 0.384 e. The van der Waals surface area contributed by atoms with Crippen molar-refractivity contribution in [2.24, 2.45) is 0 Å². The first-order valence-corrected chi connectivity index (χ1v) is 8.89. The molecule has 0 aliphatic carbocycles. The van der Waals surface area contributed by atoms with E-state index < -0.39 is 5.56 Å². The molecule has 0 spiro atoms. The number of nitrogens with one attached hydrogen (secondary N) is 1. The number of H-pyrrole nitrogens is 1. The summed E-state index contributed by atoms with van der Waals surface area (Å²) in [5.41, 5.74) is 7.31. The third-order valence-electron chi connectivity index (χ3n) is 4.93. The summed E-state index contributed by atoms with van der Waals surface area (Å²) in [6.07, 6.45) is 1.15. The lowest BCUT2D eigenvalue weighted by Gasteiger charge is -2.20. The number of pyridine rings is 1. The van der Waals surface area contributed by atoms with Crippen LogP contribution in [0.2, 0.25) is 0 Å². The van der Waals surface area contributed by atoms with Gasteiger partial charge in [-0.3, -0.25) is 9.69 Å². The Bertz CT molecular complexity index is 964. The summed E-state index contributed by atoms with van der Waals surface area (Å²) >= 11 is 0. The molecule has 2 aromatic rings. The Morgan fingerprint density at radius 3 is 2.44 bits per heavy atom. The van der Waals surface area contributed by atoms with E-state index in [1.165, 1.54) is 0 Å². The first-order valence-electron chi connectivity index (χ1n) is 8.89. The predicted octanol–water partition coefficient (Wildman–Crippen LogP) is 1.50. The molecule has 3 rings (SSSR count). The van der Waals surface area contributed by atoms with Crippen LogP contribution >= 0.6 is 0 Å². The number of aromatic amines is 1. The normalized spacial score (nSPS) is 15.7. The fourth-order valence-electron chi connectivity index (χ4n) is 3.43. The number of nitrogens with zero attached hydrogens (tertiary/aromatic N) is 4. The van der Waals surface area contributed by atoms with Crippen LogP contribution in [-0.4, -0.2) is 48.0 Å². The molecule has 7 heteroatoms. The van der Waals surface area contributed by atoms with Gasteiger partial charge >= 0.3 is 0 Å². The van der Waals surface area contributed by atoms with Crippen molar-refractivity contribution < 1.29 is 0 Å². The van der Waals surface area contributed by atoms with Crippen LogP contribution in [0.1, 0.15) is 23.1 Å². The molecule has 0 atom stereocenters. The van der Waals surface area contributed by atoms with Gasteiger partial charge in [-0.15, -0.1) is 0 Å². The Hall–Kier alpha value is -3.13. The molecule has 1 saturated heterocycles. The maximum atomic E-state index is 12.0. The van der Waals surface area contributed by atoms with Crippen LogP contribution in [0.4, 0.5) is 5.82 Å². The van der Waals surface area contributed by atoms with Crippen molar-refractivity contribution in [2.75, 3.05) is 39.0 Å². The smallest absolute Gasteiger partial charge is 0.268 e. The van der Waals surface area contributed by atoms with Gasteiger partial charge in [0.1, 0.15) is 29.1 Å². The Kier molecular flexibility index (Phi) is 5.56. The van der Waals surface area contributed by atoms with Crippen LogP contribution in [-0.2, 0) is 6.54 Å². The average molecular weight is 362 g/mol. The third kappa shape index (κ3) is 4.01. The van der Waals surface area contributed by atoms with E-state index >= 15 is 0 Å². The Labute approximate surface area is 158 Å². The van der Waals surface area contributed by atoms with Crippen LogP contribution in [0.5, 0.6) is 0 Å². The standard InChI is InChI=1S/C20H22N6O/c1-25-7-2-8-26(10-9-25)13-14-3-5-15(6-4-14)18-16(11-21)19(23)24-20(27)17(18)12-22/h3-6H,2,7-10,13H2,1H3,(H3,23,24,27). The topological polar surface area (TPSA) is 113 Å². The minimum absolute atomic E-state index is 0.0192. The van der Waals surface area contributed by atoms with E-state index in [4.69, 9.17) is 5.73 Å². The van der Waals surface area contributed by atoms with Crippen LogP contribution in [0.15, 0.2) is 29.1 Å². The number of anilines is 1. The maximum absolute atomic E-state index is 12.0. The lowest BCUT2D eigenvalue weighted by atomic mass is 9.96. The highest BCUT2D eigenvalue weighted by atomic mass is 16.1. The highest BCUT2D eigenvalue weighted by Gasteiger charge is 2.18. The second kappa shape index (κ2) is 8.05. The van der Waals surface area contributed by atoms with Crippen molar-refractivity contribution in [3.05, 3.63) is 51.3 Å². The van der Waals surface area contributed by atoms with Gasteiger partial charge in [-0.25, -0.2) is 0 Å². The van der Waals surface area contributed by atoms with E-state index in [1.807, 2.05) is 36.4 Å².